The largest absolute Gasteiger partial charge is 0.396 e. The van der Waals surface area contributed by atoms with Gasteiger partial charge in [0.15, 0.2) is 17.4 Å². The highest BCUT2D eigenvalue weighted by Gasteiger charge is 1.69. The van der Waals surface area contributed by atoms with Gasteiger partial charge in [0.1, 0.15) is 0 Å². The van der Waals surface area contributed by atoms with Crippen molar-refractivity contribution in [3.8, 4) is 0 Å². The van der Waals surface area contributed by atoms with Gasteiger partial charge >= 0.3 is 23.1 Å². The molecular weight excluding hydrogens is 115 g/mol. The lowest BCUT2D eigenvalue weighted by atomic mass is 10.4. The van der Waals surface area contributed by atoms with Gasteiger partial charge in [-0.3, -0.25) is 0 Å². The van der Waals surface area contributed by atoms with Crippen LogP contribution in [0.3, 0.4) is 0 Å². The molecule has 0 radical (unpaired) electrons. The van der Waals surface area contributed by atoms with Crippen molar-refractivity contribution < 1.29 is 5.11 Å². The maximum absolute atomic E-state index is 8.07. The second kappa shape index (κ2) is 15.7. The third-order valence-corrected chi connectivity index (χ3v) is 0.512. The van der Waals surface area contributed by atoms with E-state index < -0.39 is 0 Å². The van der Waals surface area contributed by atoms with E-state index >= 15 is 0 Å². The number of aliphatic hydroxyl groups excluding tert-OH is 1. The lowest BCUT2D eigenvalue weighted by Gasteiger charge is -1.79. The summed E-state index contributed by atoms with van der Waals surface area (Å²) in [6.07, 6.45) is 2.04. The molecule has 0 bridgehead atoms. The molecule has 3 heteroatoms. The Labute approximate surface area is 71.8 Å². The van der Waals surface area contributed by atoms with Crippen molar-refractivity contribution in [1.82, 2.24) is 0 Å². The van der Waals surface area contributed by atoms with Gasteiger partial charge in [-0.05, 0) is 6.42 Å². The number of hydrogen-bond donors (Lipinski definition) is 1. The third-order valence-electron chi connectivity index (χ3n) is 0.512. The van der Waals surface area contributed by atoms with E-state index in [2.05, 4.69) is 6.92 Å². The van der Waals surface area contributed by atoms with Gasteiger partial charge in [-0.2, -0.15) is 0 Å². The monoisotopic (exact) mass is 130 g/mol. The van der Waals surface area contributed by atoms with E-state index in [1.165, 1.54) is 0 Å². The topological polar surface area (TPSA) is 20.2 Å². The van der Waals surface area contributed by atoms with Crippen LogP contribution in [0, 0.1) is 0 Å². The molecule has 1 N–H and O–H groups in total. The summed E-state index contributed by atoms with van der Waals surface area (Å²) in [7, 11) is 0. The van der Waals surface area contributed by atoms with Crippen LogP contribution in [-0.2, 0) is 0 Å². The Hall–Kier alpha value is 1.26. The summed E-state index contributed by atoms with van der Waals surface area (Å²) >= 11 is 0. The molecule has 0 aliphatic heterocycles. The number of rotatable bonds is 2. The van der Waals surface area contributed by atoms with E-state index in [1.54, 1.807) is 0 Å². The molecule has 7 heavy (non-hydrogen) atoms. The summed E-state index contributed by atoms with van der Waals surface area (Å²) in [6.45, 7) is 2.40. The molecule has 0 spiro atoms. The number of aliphatic hydroxyl groups is 1. The molecule has 0 aromatic carbocycles. The fraction of sp³-hybridized carbons (Fsp3) is 1.00. The lowest BCUT2D eigenvalue weighted by Crippen LogP contribution is -1.75. The zero-order valence-corrected chi connectivity index (χ0v) is 3.57. The van der Waals surface area contributed by atoms with Gasteiger partial charge < -0.3 is 5.11 Å². The van der Waals surface area contributed by atoms with Crippen LogP contribution in [0.5, 0.6) is 0 Å². The van der Waals surface area contributed by atoms with Crippen LogP contribution in [0.2, 0.25) is 0 Å². The molecule has 42 valence electrons. The summed E-state index contributed by atoms with van der Waals surface area (Å²) in [5, 5.41) is 8.07. The Kier molecular flexibility index (Phi) is 35.2. The molecule has 0 saturated heterocycles. The molecule has 0 amide bonds. The van der Waals surface area contributed by atoms with E-state index in [0.29, 0.717) is 6.61 Å². The zero-order valence-electron chi connectivity index (χ0n) is 3.57. The fourth-order valence-corrected chi connectivity index (χ4v) is 0.158. The van der Waals surface area contributed by atoms with Crippen molar-refractivity contribution in [3.63, 3.8) is 0 Å². The smallest absolute Gasteiger partial charge is 0.316 e. The van der Waals surface area contributed by atoms with E-state index in [0.717, 1.165) is 12.8 Å². The normalized spacial score (nSPS) is 6.00. The minimum atomic E-state index is 0. The summed E-state index contributed by atoms with van der Waals surface area (Å²) in [5.41, 5.74) is 0. The van der Waals surface area contributed by atoms with Gasteiger partial charge in [-0.1, -0.05) is 13.3 Å². The maximum atomic E-state index is 8.07. The van der Waals surface area contributed by atoms with Gasteiger partial charge in [0.2, 0.25) is 0 Å². The van der Waals surface area contributed by atoms with Crippen molar-refractivity contribution in [2.24, 2.45) is 0 Å². The highest BCUT2D eigenvalue weighted by molar-refractivity contribution is 5.76. The van der Waals surface area contributed by atoms with Crippen LogP contribution < -0.4 is 0 Å². The lowest BCUT2D eigenvalue weighted by molar-refractivity contribution is 0.287. The van der Waals surface area contributed by atoms with Gasteiger partial charge in [-0.15, -0.1) is 0 Å². The third kappa shape index (κ3) is 18.9. The number of unbranched alkanes of at least 4 members (excludes halogenated alkanes) is 1. The molecule has 0 aliphatic rings. The minimum absolute atomic E-state index is 0. The molecule has 0 unspecified atom stereocenters. The second-order valence-electron chi connectivity index (χ2n) is 1.08. The number of hydrogen-bond acceptors (Lipinski definition) is 1. The molecule has 0 aromatic rings. The molecule has 1 nitrogen and oxygen atoms in total. The first kappa shape index (κ1) is 15.7. The van der Waals surface area contributed by atoms with Crippen LogP contribution >= 0.6 is 0 Å². The molecule has 0 fully saturated rings. The zero-order chi connectivity index (χ0) is 4.12. The highest BCUT2D eigenvalue weighted by atomic mass is 27.0. The molecule has 0 aliphatic carbocycles. The van der Waals surface area contributed by atoms with Gasteiger partial charge in [0, 0.05) is 6.61 Å². The summed E-state index contributed by atoms with van der Waals surface area (Å²) < 4.78 is 0. The first-order chi connectivity index (χ1) is 2.41. The van der Waals surface area contributed by atoms with E-state index in [1.807, 2.05) is 0 Å². The Balaban J connectivity index is -0.0000000800. The van der Waals surface area contributed by atoms with Crippen molar-refractivity contribution in [2.45, 2.75) is 19.8 Å². The van der Waals surface area contributed by atoms with Crippen molar-refractivity contribution in [3.05, 3.63) is 0 Å². The fourth-order valence-electron chi connectivity index (χ4n) is 0.158. The average Bonchev–Trinajstić information content (AvgIpc) is 1.41. The Bertz CT molecular complexity index is 19.2. The highest BCUT2D eigenvalue weighted by Crippen LogP contribution is 1.78. The maximum Gasteiger partial charge on any atom is 0.316 e. The van der Waals surface area contributed by atoms with Gasteiger partial charge in [-0.25, -0.2) is 0 Å². The van der Waals surface area contributed by atoms with Crippen LogP contribution in [0.1, 0.15) is 19.8 Å². The molecule has 0 aromatic heterocycles. The second-order valence-corrected chi connectivity index (χ2v) is 1.08. The van der Waals surface area contributed by atoms with Crippen molar-refractivity contribution in [2.75, 3.05) is 6.61 Å². The van der Waals surface area contributed by atoms with Gasteiger partial charge in [0.25, 0.3) is 0 Å². The van der Waals surface area contributed by atoms with Crippen LogP contribution in [0.25, 0.3) is 0 Å². The van der Waals surface area contributed by atoms with Crippen LogP contribution in [0.4, 0.5) is 0 Å². The van der Waals surface area contributed by atoms with Crippen molar-refractivity contribution in [1.29, 1.82) is 0 Å². The molecule has 0 atom stereocenters. The average molecular weight is 130 g/mol. The van der Waals surface area contributed by atoms with Crippen LogP contribution in [0.15, 0.2) is 0 Å². The van der Waals surface area contributed by atoms with E-state index in [9.17, 15) is 0 Å². The quantitative estimate of drug-likeness (QED) is 0.460. The molecule has 0 saturated carbocycles. The van der Waals surface area contributed by atoms with E-state index in [-0.39, 0.29) is 40.4 Å². The Morgan fingerprint density at radius 2 is 1.86 bits per heavy atom. The first-order valence-corrected chi connectivity index (χ1v) is 2.02. The Morgan fingerprint density at radius 3 is 1.86 bits per heavy atom. The summed E-state index contributed by atoms with van der Waals surface area (Å²) in [4.78, 5) is 0. The van der Waals surface area contributed by atoms with Crippen LogP contribution in [-0.4, -0.2) is 52.1 Å². The SMILES string of the molecule is CCCCO.[AlH3].[MgH2]. The Morgan fingerprint density at radius 1 is 1.43 bits per heavy atom. The minimum Gasteiger partial charge on any atom is -0.396 e. The molecular formula is C4H15AlMgO. The molecule has 0 rings (SSSR count). The summed E-state index contributed by atoms with van der Waals surface area (Å²) in [6, 6.07) is 0. The molecule has 0 heterocycles. The van der Waals surface area contributed by atoms with Gasteiger partial charge in [0.05, 0.1) is 0 Å². The summed E-state index contributed by atoms with van der Waals surface area (Å²) in [5.74, 6) is 0. The predicted octanol–water partition coefficient (Wildman–Crippen LogP) is -1.32. The first-order valence-electron chi connectivity index (χ1n) is 2.02. The standard InChI is InChI=1S/C4H10O.Al.Mg.5H/c1-2-3-4-5;;;;;;;/h5H,2-4H2,1H3;;;;;;;. The predicted molar refractivity (Wildman–Crippen MR) is 40.5 cm³/mol. The van der Waals surface area contributed by atoms with E-state index in [4.69, 9.17) is 5.11 Å². The van der Waals surface area contributed by atoms with Crippen molar-refractivity contribution >= 4 is 40.4 Å².